The summed E-state index contributed by atoms with van der Waals surface area (Å²) in [6.45, 7) is 1.08. The first-order valence-electron chi connectivity index (χ1n) is 4.47. The molecule has 0 aromatic rings. The van der Waals surface area contributed by atoms with Gasteiger partial charge in [0.25, 0.3) is 5.97 Å². The summed E-state index contributed by atoms with van der Waals surface area (Å²) >= 11 is 0. The molecular weight excluding hydrogens is 192 g/mol. The Morgan fingerprint density at radius 3 is 2.33 bits per heavy atom. The minimum Gasteiger partial charge on any atom is -0.507 e. The van der Waals surface area contributed by atoms with E-state index in [2.05, 4.69) is 0 Å². The zero-order chi connectivity index (χ0) is 11.3. The molecule has 0 unspecified atom stereocenters. The minimum absolute atomic E-state index is 0.358. The van der Waals surface area contributed by atoms with Gasteiger partial charge in [-0.1, -0.05) is 36.4 Å². The van der Waals surface area contributed by atoms with Gasteiger partial charge in [-0.05, 0) is 11.6 Å². The van der Waals surface area contributed by atoms with Crippen LogP contribution in [0.5, 0.6) is 5.75 Å². The number of aliphatic carboxylic acids is 1. The van der Waals surface area contributed by atoms with Crippen molar-refractivity contribution in [2.24, 2.45) is 0 Å². The topological polar surface area (TPSA) is 57.5 Å². The smallest absolute Gasteiger partial charge is 0.300 e. The fourth-order valence-electron chi connectivity index (χ4n) is 1.20. The number of hydrogen-bond acceptors (Lipinski definition) is 2. The van der Waals surface area contributed by atoms with Gasteiger partial charge in [-0.3, -0.25) is 4.79 Å². The lowest BCUT2D eigenvalue weighted by Crippen LogP contribution is -1.78. The molecule has 15 heavy (non-hydrogen) atoms. The number of carboxylic acid groups (broad SMARTS) is 1. The molecule has 0 fully saturated rings. The van der Waals surface area contributed by atoms with Crippen LogP contribution in [0.25, 0.3) is 11.1 Å². The molecule has 3 heteroatoms. The van der Waals surface area contributed by atoms with Crippen LogP contribution in [-0.2, 0) is 4.79 Å². The third-order valence-electron chi connectivity index (χ3n) is 1.77. The van der Waals surface area contributed by atoms with Crippen LogP contribution < -0.4 is 0 Å². The van der Waals surface area contributed by atoms with Gasteiger partial charge in [0.15, 0.2) is 0 Å². The molecule has 0 atom stereocenters. The lowest BCUT2D eigenvalue weighted by Gasteiger charge is -1.90. The van der Waals surface area contributed by atoms with Crippen LogP contribution in [0.1, 0.15) is 6.92 Å². The summed E-state index contributed by atoms with van der Waals surface area (Å²) in [5, 5.41) is 16.7. The highest BCUT2D eigenvalue weighted by Gasteiger charge is 2.03. The summed E-state index contributed by atoms with van der Waals surface area (Å²) in [7, 11) is 0. The van der Waals surface area contributed by atoms with E-state index in [1.807, 2.05) is 36.4 Å². The maximum atomic E-state index is 9.32. The molecule has 0 bridgehead atoms. The molecule has 0 aromatic carbocycles. The van der Waals surface area contributed by atoms with Crippen molar-refractivity contribution in [2.75, 3.05) is 0 Å². The SMILES string of the molecule is CC(=O)O.Oc1ccc2cccccc1-2. The van der Waals surface area contributed by atoms with Crippen molar-refractivity contribution in [1.82, 2.24) is 0 Å². The number of aromatic hydroxyl groups is 1. The van der Waals surface area contributed by atoms with Crippen LogP contribution in [0.15, 0.2) is 42.5 Å². The van der Waals surface area contributed by atoms with Gasteiger partial charge in [-0.25, -0.2) is 0 Å². The van der Waals surface area contributed by atoms with Crippen molar-refractivity contribution >= 4 is 5.97 Å². The Hall–Kier alpha value is -2.03. The highest BCUT2D eigenvalue weighted by molar-refractivity contribution is 5.72. The van der Waals surface area contributed by atoms with Gasteiger partial charge in [0.2, 0.25) is 0 Å². The average molecular weight is 204 g/mol. The van der Waals surface area contributed by atoms with E-state index in [0.29, 0.717) is 5.75 Å². The number of fused-ring (bicyclic) bond motifs is 1. The number of hydrogen-bond donors (Lipinski definition) is 2. The predicted molar refractivity (Wildman–Crippen MR) is 58.0 cm³/mol. The number of rotatable bonds is 0. The van der Waals surface area contributed by atoms with Gasteiger partial charge in [0, 0.05) is 12.5 Å². The first-order chi connectivity index (χ1) is 7.11. The lowest BCUT2D eigenvalue weighted by atomic mass is 10.2. The molecule has 0 amide bonds. The maximum Gasteiger partial charge on any atom is 0.300 e. The molecule has 3 nitrogen and oxygen atoms in total. The molecule has 2 N–H and O–H groups in total. The third kappa shape index (κ3) is 3.31. The van der Waals surface area contributed by atoms with Gasteiger partial charge < -0.3 is 10.2 Å². The van der Waals surface area contributed by atoms with Crippen LogP contribution >= 0.6 is 0 Å². The Labute approximate surface area is 88.0 Å². The zero-order valence-electron chi connectivity index (χ0n) is 8.34. The van der Waals surface area contributed by atoms with Gasteiger partial charge in [0.05, 0.1) is 0 Å². The number of carboxylic acids is 1. The molecule has 2 aliphatic carbocycles. The molecule has 2 rings (SSSR count). The Balaban J connectivity index is 0.000000245. The Morgan fingerprint density at radius 2 is 1.67 bits per heavy atom. The van der Waals surface area contributed by atoms with E-state index in [0.717, 1.165) is 18.1 Å². The van der Waals surface area contributed by atoms with E-state index < -0.39 is 5.97 Å². The van der Waals surface area contributed by atoms with Crippen molar-refractivity contribution < 1.29 is 15.0 Å². The van der Waals surface area contributed by atoms with Crippen molar-refractivity contribution in [1.29, 1.82) is 0 Å². The Bertz CT molecular complexity index is 419. The monoisotopic (exact) mass is 204 g/mol. The van der Waals surface area contributed by atoms with E-state index in [-0.39, 0.29) is 0 Å². The zero-order valence-corrected chi connectivity index (χ0v) is 8.34. The van der Waals surface area contributed by atoms with Gasteiger partial charge in [-0.2, -0.15) is 0 Å². The minimum atomic E-state index is -0.833. The molecule has 78 valence electrons. The molecule has 2 aliphatic rings. The normalized spacial score (nSPS) is 9.13. The van der Waals surface area contributed by atoms with E-state index in [9.17, 15) is 5.11 Å². The lowest BCUT2D eigenvalue weighted by molar-refractivity contribution is -0.134. The van der Waals surface area contributed by atoms with Crippen LogP contribution in [-0.4, -0.2) is 16.2 Å². The Morgan fingerprint density at radius 1 is 1.07 bits per heavy atom. The second-order valence-electron chi connectivity index (χ2n) is 3.02. The Kier molecular flexibility index (Phi) is 3.68. The highest BCUT2D eigenvalue weighted by atomic mass is 16.4. The molecule has 0 saturated carbocycles. The summed E-state index contributed by atoms with van der Waals surface area (Å²) in [5.41, 5.74) is 1.99. The second-order valence-corrected chi connectivity index (χ2v) is 3.02. The molecule has 0 aliphatic heterocycles. The van der Waals surface area contributed by atoms with Crippen molar-refractivity contribution in [3.05, 3.63) is 42.5 Å². The summed E-state index contributed by atoms with van der Waals surface area (Å²) < 4.78 is 0. The van der Waals surface area contributed by atoms with Crippen LogP contribution in [0.2, 0.25) is 0 Å². The third-order valence-corrected chi connectivity index (χ3v) is 1.77. The van der Waals surface area contributed by atoms with E-state index in [1.54, 1.807) is 6.07 Å². The summed E-state index contributed by atoms with van der Waals surface area (Å²) in [6.07, 6.45) is 0. The molecule has 0 aromatic heterocycles. The summed E-state index contributed by atoms with van der Waals surface area (Å²) in [6, 6.07) is 13.3. The van der Waals surface area contributed by atoms with E-state index >= 15 is 0 Å². The van der Waals surface area contributed by atoms with Gasteiger partial charge >= 0.3 is 0 Å². The highest BCUT2D eigenvalue weighted by Crippen LogP contribution is 2.31. The van der Waals surface area contributed by atoms with Gasteiger partial charge in [0.1, 0.15) is 5.75 Å². The molecule has 0 radical (unpaired) electrons. The maximum absolute atomic E-state index is 9.32. The van der Waals surface area contributed by atoms with Crippen LogP contribution in [0.3, 0.4) is 0 Å². The van der Waals surface area contributed by atoms with Gasteiger partial charge in [-0.15, -0.1) is 0 Å². The fourth-order valence-corrected chi connectivity index (χ4v) is 1.20. The number of carbonyl (C=O) groups is 1. The van der Waals surface area contributed by atoms with Crippen molar-refractivity contribution in [2.45, 2.75) is 6.92 Å². The van der Waals surface area contributed by atoms with Crippen LogP contribution in [0, 0.1) is 0 Å². The van der Waals surface area contributed by atoms with Crippen molar-refractivity contribution in [3.63, 3.8) is 0 Å². The molecule has 0 saturated heterocycles. The standard InChI is InChI=1S/C10H8O.C2H4O2/c11-10-7-6-8-4-2-1-3-5-9(8)10;1-2(3)4/h1-7,11H;1H3,(H,3,4). The first kappa shape index (κ1) is 11.0. The van der Waals surface area contributed by atoms with E-state index in [4.69, 9.17) is 9.90 Å². The molecule has 0 heterocycles. The fraction of sp³-hybridized carbons (Fsp3) is 0.0833. The average Bonchev–Trinajstić information content (AvgIpc) is 2.39. The van der Waals surface area contributed by atoms with Crippen LogP contribution in [0.4, 0.5) is 0 Å². The molecule has 0 spiro atoms. The van der Waals surface area contributed by atoms with E-state index in [1.165, 1.54) is 0 Å². The van der Waals surface area contributed by atoms with Crippen molar-refractivity contribution in [3.8, 4) is 16.9 Å². The largest absolute Gasteiger partial charge is 0.507 e. The quantitative estimate of drug-likeness (QED) is 0.693. The summed E-state index contributed by atoms with van der Waals surface area (Å²) in [4.78, 5) is 9.00. The predicted octanol–water partition coefficient (Wildman–Crippen LogP) is 2.59. The first-order valence-corrected chi connectivity index (χ1v) is 4.47. The second kappa shape index (κ2) is 5.00. The summed E-state index contributed by atoms with van der Waals surface area (Å²) in [5.74, 6) is -0.476. The molecular formula is C12H12O3.